The molecule has 6 rings (SSSR count). The average molecular weight is 613 g/mol. The zero-order valence-corrected chi connectivity index (χ0v) is 24.8. The van der Waals surface area contributed by atoms with Crippen molar-refractivity contribution in [3.05, 3.63) is 47.3 Å². The van der Waals surface area contributed by atoms with Gasteiger partial charge in [-0.1, -0.05) is 37.1 Å². The van der Waals surface area contributed by atoms with Crippen LogP contribution >= 0.6 is 0 Å². The summed E-state index contributed by atoms with van der Waals surface area (Å²) in [6, 6.07) is 2.58. The normalized spacial score (nSPS) is 32.2. The van der Waals surface area contributed by atoms with Crippen LogP contribution in [-0.2, 0) is 36.9 Å². The van der Waals surface area contributed by atoms with Crippen LogP contribution in [-0.4, -0.2) is 85.8 Å². The number of cyclic esters (lactones) is 1. The molecule has 1 aromatic rings. The van der Waals surface area contributed by atoms with Gasteiger partial charge in [-0.25, -0.2) is 18.8 Å². The molecule has 12 nitrogen and oxygen atoms in total. The second kappa shape index (κ2) is 11.1. The minimum absolute atomic E-state index is 0.0321. The second-order valence-corrected chi connectivity index (χ2v) is 12.8. The van der Waals surface area contributed by atoms with Crippen molar-refractivity contribution in [2.75, 3.05) is 6.54 Å². The molecule has 0 unspecified atom stereocenters. The third-order valence-corrected chi connectivity index (χ3v) is 9.47. The van der Waals surface area contributed by atoms with Gasteiger partial charge in [0, 0.05) is 24.4 Å². The molecule has 0 spiro atoms. The Morgan fingerprint density at radius 2 is 1.91 bits per heavy atom. The fraction of sp³-hybridized carbons (Fsp3) is 0.581. The Balaban J connectivity index is 1.26. The molecule has 0 bridgehead atoms. The number of aliphatic carboxylic acids is 1. The maximum atomic E-state index is 14.3. The molecular formula is C31H37FN4O8. The van der Waals surface area contributed by atoms with Crippen LogP contribution in [0, 0.1) is 11.7 Å². The summed E-state index contributed by atoms with van der Waals surface area (Å²) in [4.78, 5) is 70.1. The number of nitrogens with one attached hydrogen (secondary N) is 1. The third kappa shape index (κ3) is 5.26. The lowest BCUT2D eigenvalue weighted by atomic mass is 10.0. The van der Waals surface area contributed by atoms with Crippen molar-refractivity contribution in [2.45, 2.75) is 101 Å². The molecular weight excluding hydrogens is 575 g/mol. The SMILES string of the molecule is CC1(C)OC(=O)N1[C@H]1CCCCC/C=C\[C@@H]2C[C@@]2(C(=O)O)NC(=O)[C@@H]2C[C@@H](OC(=O)N3Cc4cccc(F)c4C3)CN2C1=O. The summed E-state index contributed by atoms with van der Waals surface area (Å²) in [5.41, 5.74) is -1.42. The first kappa shape index (κ1) is 29.9. The Labute approximate surface area is 254 Å². The van der Waals surface area contributed by atoms with Gasteiger partial charge in [0.05, 0.1) is 13.1 Å². The highest BCUT2D eigenvalue weighted by Gasteiger charge is 2.62. The van der Waals surface area contributed by atoms with E-state index in [1.54, 1.807) is 26.0 Å². The van der Waals surface area contributed by atoms with E-state index in [2.05, 4.69) is 5.32 Å². The van der Waals surface area contributed by atoms with E-state index in [9.17, 15) is 33.5 Å². The van der Waals surface area contributed by atoms with Gasteiger partial charge in [0.2, 0.25) is 11.8 Å². The van der Waals surface area contributed by atoms with Gasteiger partial charge < -0.3 is 24.8 Å². The summed E-state index contributed by atoms with van der Waals surface area (Å²) in [6.07, 6.45) is 5.01. The highest BCUT2D eigenvalue weighted by Crippen LogP contribution is 2.45. The maximum Gasteiger partial charge on any atom is 0.415 e. The number of allylic oxidation sites excluding steroid dienone is 1. The van der Waals surface area contributed by atoms with E-state index in [1.165, 1.54) is 20.8 Å². The van der Waals surface area contributed by atoms with E-state index in [0.29, 0.717) is 24.0 Å². The molecule has 13 heteroatoms. The number of carboxylic acids is 1. The van der Waals surface area contributed by atoms with Crippen LogP contribution in [0.3, 0.4) is 0 Å². The minimum atomic E-state index is -1.48. The molecule has 44 heavy (non-hydrogen) atoms. The standard InChI is InChI=1S/C31H37FN4O8/c1-30(2)36(29(42)44-30)23-12-7-5-3-4-6-10-19-14-31(19,27(39)40)33-25(37)24-13-20(16-35(24)26(23)38)43-28(41)34-15-18-9-8-11-22(32)21(18)17-34/h6,8-11,19-20,23-24H,3-5,7,12-17H2,1-2H3,(H,33,37)(H,39,40)/b10-6-/t19-,20-,23+,24+,31-/m1/s1. The summed E-state index contributed by atoms with van der Waals surface area (Å²) >= 11 is 0. The number of rotatable bonds is 3. The molecule has 1 aromatic carbocycles. The van der Waals surface area contributed by atoms with Crippen LogP contribution in [0.1, 0.15) is 69.9 Å². The van der Waals surface area contributed by atoms with E-state index in [0.717, 1.165) is 19.3 Å². The Bertz CT molecular complexity index is 1430. The van der Waals surface area contributed by atoms with Crippen LogP contribution in [0.4, 0.5) is 14.0 Å². The molecule has 2 saturated heterocycles. The average Bonchev–Trinajstić information content (AvgIpc) is 3.27. The molecule has 236 valence electrons. The molecule has 1 saturated carbocycles. The number of nitrogens with zero attached hydrogens (tertiary/aromatic N) is 3. The molecule has 0 aromatic heterocycles. The van der Waals surface area contributed by atoms with Gasteiger partial charge in [-0.2, -0.15) is 0 Å². The Morgan fingerprint density at radius 1 is 1.11 bits per heavy atom. The van der Waals surface area contributed by atoms with Gasteiger partial charge in [0.15, 0.2) is 5.72 Å². The van der Waals surface area contributed by atoms with Crippen LogP contribution in [0.25, 0.3) is 0 Å². The molecule has 5 atom stereocenters. The lowest BCUT2D eigenvalue weighted by Gasteiger charge is -2.50. The number of hydrogen-bond donors (Lipinski definition) is 2. The van der Waals surface area contributed by atoms with Crippen molar-refractivity contribution in [2.24, 2.45) is 5.92 Å². The van der Waals surface area contributed by atoms with Crippen molar-refractivity contribution < 1.29 is 42.9 Å². The van der Waals surface area contributed by atoms with E-state index >= 15 is 0 Å². The van der Waals surface area contributed by atoms with Gasteiger partial charge >= 0.3 is 18.2 Å². The van der Waals surface area contributed by atoms with Crippen LogP contribution in [0.2, 0.25) is 0 Å². The summed E-state index contributed by atoms with van der Waals surface area (Å²) in [6.45, 7) is 3.43. The number of amides is 4. The zero-order chi connectivity index (χ0) is 31.4. The molecule has 0 radical (unpaired) electrons. The topological polar surface area (TPSA) is 146 Å². The predicted molar refractivity (Wildman–Crippen MR) is 151 cm³/mol. The summed E-state index contributed by atoms with van der Waals surface area (Å²) in [5, 5.41) is 12.7. The molecule has 3 fully saturated rings. The maximum absolute atomic E-state index is 14.3. The van der Waals surface area contributed by atoms with E-state index in [-0.39, 0.29) is 38.4 Å². The fourth-order valence-electron chi connectivity index (χ4n) is 6.96. The van der Waals surface area contributed by atoms with E-state index in [4.69, 9.17) is 9.47 Å². The first-order valence-electron chi connectivity index (χ1n) is 15.2. The number of benzene rings is 1. The van der Waals surface area contributed by atoms with Gasteiger partial charge in [-0.15, -0.1) is 0 Å². The first-order chi connectivity index (χ1) is 20.9. The Morgan fingerprint density at radius 3 is 2.61 bits per heavy atom. The fourth-order valence-corrected chi connectivity index (χ4v) is 6.96. The minimum Gasteiger partial charge on any atom is -0.479 e. The molecule has 5 aliphatic rings. The number of carbonyl (C=O) groups excluding carboxylic acids is 4. The van der Waals surface area contributed by atoms with Crippen molar-refractivity contribution in [1.29, 1.82) is 0 Å². The van der Waals surface area contributed by atoms with Crippen molar-refractivity contribution in [3.63, 3.8) is 0 Å². The molecule has 1 aliphatic carbocycles. The van der Waals surface area contributed by atoms with E-state index in [1.807, 2.05) is 12.2 Å². The quantitative estimate of drug-likeness (QED) is 0.495. The lowest BCUT2D eigenvalue weighted by molar-refractivity contribution is -0.189. The zero-order valence-electron chi connectivity index (χ0n) is 24.8. The van der Waals surface area contributed by atoms with Crippen LogP contribution < -0.4 is 5.32 Å². The smallest absolute Gasteiger partial charge is 0.415 e. The monoisotopic (exact) mass is 612 g/mol. The summed E-state index contributed by atoms with van der Waals surface area (Å²) in [5.74, 6) is -3.10. The number of hydrogen-bond acceptors (Lipinski definition) is 7. The predicted octanol–water partition coefficient (Wildman–Crippen LogP) is 3.28. The van der Waals surface area contributed by atoms with Crippen molar-refractivity contribution >= 4 is 30.0 Å². The van der Waals surface area contributed by atoms with Crippen molar-refractivity contribution in [3.8, 4) is 0 Å². The van der Waals surface area contributed by atoms with Gasteiger partial charge in [-0.05, 0) is 51.2 Å². The number of carbonyl (C=O) groups is 5. The highest BCUT2D eigenvalue weighted by atomic mass is 19.1. The molecule has 4 aliphatic heterocycles. The van der Waals surface area contributed by atoms with Crippen molar-refractivity contribution in [1.82, 2.24) is 20.0 Å². The Kier molecular flexibility index (Phi) is 7.53. The number of ether oxygens (including phenoxy) is 2. The molecule has 2 N–H and O–H groups in total. The first-order valence-corrected chi connectivity index (χ1v) is 15.2. The summed E-state index contributed by atoms with van der Waals surface area (Å²) < 4.78 is 25.3. The number of carboxylic acid groups (broad SMARTS) is 1. The second-order valence-electron chi connectivity index (χ2n) is 12.8. The molecule has 4 amide bonds. The lowest BCUT2D eigenvalue weighted by Crippen LogP contribution is -2.69. The number of halogens is 1. The van der Waals surface area contributed by atoms with Gasteiger partial charge in [0.25, 0.3) is 0 Å². The van der Waals surface area contributed by atoms with Gasteiger partial charge in [-0.3, -0.25) is 19.4 Å². The van der Waals surface area contributed by atoms with E-state index < -0.39 is 65.2 Å². The number of fused-ring (bicyclic) bond motifs is 3. The van der Waals surface area contributed by atoms with Crippen LogP contribution in [0.15, 0.2) is 30.4 Å². The summed E-state index contributed by atoms with van der Waals surface area (Å²) in [7, 11) is 0. The van der Waals surface area contributed by atoms with Crippen LogP contribution in [0.5, 0.6) is 0 Å². The highest BCUT2D eigenvalue weighted by molar-refractivity contribution is 5.96. The van der Waals surface area contributed by atoms with Gasteiger partial charge in [0.1, 0.15) is 29.5 Å². The molecule has 4 heterocycles. The third-order valence-electron chi connectivity index (χ3n) is 9.47. The Hall–Kier alpha value is -4.16. The largest absolute Gasteiger partial charge is 0.479 e.